The molecule has 0 spiro atoms. The second-order valence-electron chi connectivity index (χ2n) is 6.36. The Morgan fingerprint density at radius 3 is 2.45 bits per heavy atom. The first-order chi connectivity index (χ1) is 14.1. The van der Waals surface area contributed by atoms with Crippen LogP contribution in [0.25, 0.3) is 16.5 Å². The number of nitrogens with one attached hydrogen (secondary N) is 1. The number of aromatic nitrogens is 1. The zero-order valence-electron chi connectivity index (χ0n) is 15.7. The van der Waals surface area contributed by atoms with E-state index in [2.05, 4.69) is 9.93 Å². The smallest absolute Gasteiger partial charge is 0.276 e. The van der Waals surface area contributed by atoms with Crippen LogP contribution in [0.3, 0.4) is 0 Å². The fourth-order valence-corrected chi connectivity index (χ4v) is 3.85. The van der Waals surface area contributed by atoms with Gasteiger partial charge >= 0.3 is 0 Å². The summed E-state index contributed by atoms with van der Waals surface area (Å²) in [6.45, 7) is 0. The average Bonchev–Trinajstić information content (AvgIpc) is 3.22. The van der Waals surface area contributed by atoms with Crippen molar-refractivity contribution in [3.63, 3.8) is 0 Å². The first-order valence-electron chi connectivity index (χ1n) is 8.92. The summed E-state index contributed by atoms with van der Waals surface area (Å²) in [6, 6.07) is 23.8. The van der Waals surface area contributed by atoms with E-state index >= 15 is 0 Å². The van der Waals surface area contributed by atoms with Crippen LogP contribution in [0, 0.1) is 0 Å². The predicted molar refractivity (Wildman–Crippen MR) is 114 cm³/mol. The van der Waals surface area contributed by atoms with Crippen molar-refractivity contribution in [3.8, 4) is 11.4 Å². The number of methoxy groups -OCH3 is 1. The van der Waals surface area contributed by atoms with Crippen LogP contribution in [-0.4, -0.2) is 26.3 Å². The van der Waals surface area contributed by atoms with Gasteiger partial charge in [0, 0.05) is 11.9 Å². The summed E-state index contributed by atoms with van der Waals surface area (Å²) in [5.41, 5.74) is 1.64. The molecule has 0 bridgehead atoms. The summed E-state index contributed by atoms with van der Waals surface area (Å²) in [4.78, 5) is 2.45. The molecule has 0 unspecified atom stereocenters. The molecule has 0 amide bonds. The van der Waals surface area contributed by atoms with E-state index in [9.17, 15) is 8.42 Å². The highest BCUT2D eigenvalue weighted by Gasteiger charge is 2.13. The molecule has 0 aliphatic rings. The van der Waals surface area contributed by atoms with Gasteiger partial charge in [-0.2, -0.15) is 13.5 Å². The minimum Gasteiger partial charge on any atom is -0.497 e. The van der Waals surface area contributed by atoms with Crippen LogP contribution in [0.4, 0.5) is 0 Å². The molecule has 7 heteroatoms. The molecule has 29 heavy (non-hydrogen) atoms. The lowest BCUT2D eigenvalue weighted by atomic mass is 10.1. The number of hydrogen-bond donors (Lipinski definition) is 1. The van der Waals surface area contributed by atoms with Crippen LogP contribution in [0.2, 0.25) is 0 Å². The van der Waals surface area contributed by atoms with Crippen molar-refractivity contribution in [1.29, 1.82) is 0 Å². The Bertz CT molecular complexity index is 1280. The van der Waals surface area contributed by atoms with Gasteiger partial charge in [0.1, 0.15) is 5.75 Å². The molecule has 4 aromatic rings. The second kappa shape index (κ2) is 7.81. The Kier molecular flexibility index (Phi) is 5.05. The van der Waals surface area contributed by atoms with Crippen LogP contribution >= 0.6 is 0 Å². The van der Waals surface area contributed by atoms with Crippen molar-refractivity contribution in [2.45, 2.75) is 4.90 Å². The predicted octanol–water partition coefficient (Wildman–Crippen LogP) is 3.95. The van der Waals surface area contributed by atoms with Gasteiger partial charge in [-0.1, -0.05) is 30.3 Å². The first kappa shape index (κ1) is 18.8. The third kappa shape index (κ3) is 4.00. The number of benzene rings is 3. The normalized spacial score (nSPS) is 11.8. The van der Waals surface area contributed by atoms with Crippen LogP contribution < -0.4 is 9.57 Å². The number of ether oxygens (including phenoxy) is 1. The minimum atomic E-state index is -3.77. The minimum absolute atomic E-state index is 0.166. The van der Waals surface area contributed by atoms with E-state index in [1.165, 1.54) is 6.21 Å². The van der Waals surface area contributed by atoms with E-state index in [4.69, 9.17) is 4.74 Å². The summed E-state index contributed by atoms with van der Waals surface area (Å²) >= 11 is 0. The van der Waals surface area contributed by atoms with Gasteiger partial charge in [0.2, 0.25) is 0 Å². The van der Waals surface area contributed by atoms with Gasteiger partial charge in [0.25, 0.3) is 10.0 Å². The molecule has 1 heterocycles. The van der Waals surface area contributed by atoms with Crippen molar-refractivity contribution >= 4 is 27.0 Å². The molecular weight excluding hydrogens is 386 g/mol. The number of fused-ring (bicyclic) bond motifs is 1. The molecule has 146 valence electrons. The number of rotatable bonds is 6. The van der Waals surface area contributed by atoms with Crippen LogP contribution in [0.15, 0.2) is 95.1 Å². The first-order valence-corrected chi connectivity index (χ1v) is 10.4. The molecule has 0 fully saturated rings. The Morgan fingerprint density at radius 1 is 0.931 bits per heavy atom. The summed E-state index contributed by atoms with van der Waals surface area (Å²) in [6.07, 6.45) is 3.35. The maximum Gasteiger partial charge on any atom is 0.276 e. The van der Waals surface area contributed by atoms with Gasteiger partial charge in [-0.05, 0) is 59.3 Å². The molecule has 4 rings (SSSR count). The van der Waals surface area contributed by atoms with Crippen molar-refractivity contribution < 1.29 is 13.2 Å². The Hall–Kier alpha value is -3.58. The van der Waals surface area contributed by atoms with Crippen molar-refractivity contribution in [2.24, 2.45) is 5.10 Å². The Labute approximate surface area is 169 Å². The Balaban J connectivity index is 1.54. The number of hydrogen-bond acceptors (Lipinski definition) is 4. The molecule has 0 saturated heterocycles. The maximum absolute atomic E-state index is 12.6. The molecule has 0 saturated carbocycles. The summed E-state index contributed by atoms with van der Waals surface area (Å²) in [7, 11) is -2.15. The van der Waals surface area contributed by atoms with Crippen molar-refractivity contribution in [3.05, 3.63) is 90.8 Å². The molecule has 0 aliphatic heterocycles. The largest absolute Gasteiger partial charge is 0.497 e. The average molecular weight is 405 g/mol. The molecular formula is C22H19N3O3S. The van der Waals surface area contributed by atoms with Crippen molar-refractivity contribution in [1.82, 2.24) is 9.40 Å². The fraction of sp³-hybridized carbons (Fsp3) is 0.0455. The molecule has 6 nitrogen and oxygen atoms in total. The quantitative estimate of drug-likeness (QED) is 0.390. The number of sulfonamides is 1. The molecule has 1 N–H and O–H groups in total. The zero-order valence-corrected chi connectivity index (χ0v) is 16.5. The van der Waals surface area contributed by atoms with E-state index in [0.29, 0.717) is 0 Å². The lowest BCUT2D eigenvalue weighted by Crippen LogP contribution is -2.18. The summed E-state index contributed by atoms with van der Waals surface area (Å²) in [5, 5.41) is 5.79. The fourth-order valence-electron chi connectivity index (χ4n) is 3.03. The summed E-state index contributed by atoms with van der Waals surface area (Å²) in [5.74, 6) is 0.763. The van der Waals surface area contributed by atoms with E-state index in [0.717, 1.165) is 27.9 Å². The number of hydrazone groups is 1. The molecule has 1 aromatic heterocycles. The van der Waals surface area contributed by atoms with Gasteiger partial charge in [-0.25, -0.2) is 4.83 Å². The SMILES string of the molecule is COc1ccc(-n2cccc2/C=N/NS(=O)(=O)c2ccc3ccccc3c2)cc1. The topological polar surface area (TPSA) is 72.7 Å². The Morgan fingerprint density at radius 2 is 1.69 bits per heavy atom. The third-order valence-electron chi connectivity index (χ3n) is 4.53. The summed E-state index contributed by atoms with van der Waals surface area (Å²) < 4.78 is 32.2. The van der Waals surface area contributed by atoms with E-state index < -0.39 is 10.0 Å². The lowest BCUT2D eigenvalue weighted by molar-refractivity contribution is 0.414. The lowest BCUT2D eigenvalue weighted by Gasteiger charge is -2.08. The molecule has 0 radical (unpaired) electrons. The highest BCUT2D eigenvalue weighted by atomic mass is 32.2. The maximum atomic E-state index is 12.6. The standard InChI is InChI=1S/C22H19N3O3S/c1-28-21-11-9-19(10-12-21)25-14-4-7-20(25)16-23-24-29(26,27)22-13-8-17-5-2-3-6-18(17)15-22/h2-16,24H,1H3/b23-16+. The van der Waals surface area contributed by atoms with Crippen LogP contribution in [-0.2, 0) is 10.0 Å². The van der Waals surface area contributed by atoms with Crippen molar-refractivity contribution in [2.75, 3.05) is 7.11 Å². The highest BCUT2D eigenvalue weighted by Crippen LogP contribution is 2.19. The van der Waals surface area contributed by atoms with Gasteiger partial charge in [0.05, 0.1) is 23.9 Å². The van der Waals surface area contributed by atoms with E-state index in [-0.39, 0.29) is 4.90 Å². The second-order valence-corrected chi connectivity index (χ2v) is 8.02. The van der Waals surface area contributed by atoms with Gasteiger partial charge < -0.3 is 9.30 Å². The van der Waals surface area contributed by atoms with Crippen LogP contribution in [0.1, 0.15) is 5.69 Å². The zero-order chi connectivity index (χ0) is 20.3. The third-order valence-corrected chi connectivity index (χ3v) is 5.75. The highest BCUT2D eigenvalue weighted by molar-refractivity contribution is 7.89. The van der Waals surface area contributed by atoms with E-state index in [1.807, 2.05) is 71.4 Å². The van der Waals surface area contributed by atoms with Gasteiger partial charge in [-0.3, -0.25) is 0 Å². The van der Waals surface area contributed by atoms with Gasteiger partial charge in [0.15, 0.2) is 0 Å². The van der Waals surface area contributed by atoms with Crippen LogP contribution in [0.5, 0.6) is 5.75 Å². The number of nitrogens with zero attached hydrogens (tertiary/aromatic N) is 2. The monoisotopic (exact) mass is 405 g/mol. The molecule has 0 aliphatic carbocycles. The molecule has 3 aromatic carbocycles. The van der Waals surface area contributed by atoms with Gasteiger partial charge in [-0.15, -0.1) is 0 Å². The van der Waals surface area contributed by atoms with E-state index in [1.54, 1.807) is 25.3 Å². The molecule has 0 atom stereocenters.